The maximum Gasteiger partial charge on any atom is 0.154 e. The molecule has 0 aliphatic heterocycles. The van der Waals surface area contributed by atoms with Crippen LogP contribution in [0.3, 0.4) is 0 Å². The number of halogens is 2. The molecule has 0 amide bonds. The minimum absolute atomic E-state index is 0.222. The molecular formula is C41H50I2O3. The first-order valence-electron chi connectivity index (χ1n) is 17.0. The summed E-state index contributed by atoms with van der Waals surface area (Å²) in [7, 11) is 0. The Balaban J connectivity index is 0.000000182. The van der Waals surface area contributed by atoms with Crippen LogP contribution in [0.5, 0.6) is 11.5 Å². The van der Waals surface area contributed by atoms with Crippen molar-refractivity contribution in [1.82, 2.24) is 0 Å². The van der Waals surface area contributed by atoms with Crippen molar-refractivity contribution < 1.29 is 14.3 Å². The first-order chi connectivity index (χ1) is 21.8. The Hall–Kier alpha value is -1.87. The van der Waals surface area contributed by atoms with E-state index < -0.39 is 0 Å². The maximum absolute atomic E-state index is 11.7. The minimum atomic E-state index is 0.222. The van der Waals surface area contributed by atoms with Crippen LogP contribution in [0.4, 0.5) is 0 Å². The summed E-state index contributed by atoms with van der Waals surface area (Å²) in [6, 6.07) is 23.0. The molecule has 46 heavy (non-hydrogen) atoms. The molecule has 0 aromatic heterocycles. The van der Waals surface area contributed by atoms with E-state index >= 15 is 0 Å². The van der Waals surface area contributed by atoms with E-state index in [9.17, 15) is 4.79 Å². The highest BCUT2D eigenvalue weighted by Crippen LogP contribution is 2.41. The second kappa shape index (κ2) is 15.1. The Kier molecular flexibility index (Phi) is 11.7. The van der Waals surface area contributed by atoms with Crippen molar-refractivity contribution in [2.24, 2.45) is 22.7 Å². The standard InChI is InChI=1S/C21H25IO2.C20H25IO/c1-21(2,3)14-8-10-15(11-9-14)24-20-12-19(22)17-7-5-4-6-16(17)18(20)13-23;1-20(2,3)15-8-10-16(11-9-15)22-17-12-14-6-4-5-7-18(14)19(21)13-17/h4-7,12-15H,8-11H2,1-3H3;4-7,12-13,15-16H,8-11H2,1-3H3. The second-order valence-corrected chi connectivity index (χ2v) is 17.8. The highest BCUT2D eigenvalue weighted by Gasteiger charge is 2.32. The average molecular weight is 845 g/mol. The minimum Gasteiger partial charge on any atom is -0.490 e. The molecule has 0 radical (unpaired) electrons. The normalized spacial score (nSPS) is 22.2. The first-order valence-corrected chi connectivity index (χ1v) is 19.2. The number of benzene rings is 4. The molecule has 2 aliphatic rings. The third-order valence-corrected chi connectivity index (χ3v) is 12.1. The number of fused-ring (bicyclic) bond motifs is 2. The number of carbonyl (C=O) groups excluding carboxylic acids is 1. The maximum atomic E-state index is 11.7. The van der Waals surface area contributed by atoms with E-state index in [1.54, 1.807) is 0 Å². The van der Waals surface area contributed by atoms with Crippen LogP contribution < -0.4 is 9.47 Å². The molecule has 4 aromatic rings. The lowest BCUT2D eigenvalue weighted by atomic mass is 9.72. The van der Waals surface area contributed by atoms with Gasteiger partial charge < -0.3 is 9.47 Å². The van der Waals surface area contributed by atoms with Crippen molar-refractivity contribution in [2.75, 3.05) is 0 Å². The third-order valence-electron chi connectivity index (χ3n) is 10.3. The monoisotopic (exact) mass is 844 g/mol. The van der Waals surface area contributed by atoms with Gasteiger partial charge in [-0.15, -0.1) is 0 Å². The number of rotatable bonds is 5. The first kappa shape index (κ1) is 35.4. The van der Waals surface area contributed by atoms with Crippen LogP contribution in [0.15, 0.2) is 66.7 Å². The lowest BCUT2D eigenvalue weighted by Gasteiger charge is -2.37. The van der Waals surface area contributed by atoms with Crippen LogP contribution in [0.25, 0.3) is 21.5 Å². The number of hydrogen-bond donors (Lipinski definition) is 0. The van der Waals surface area contributed by atoms with E-state index in [1.165, 1.54) is 52.9 Å². The van der Waals surface area contributed by atoms with Gasteiger partial charge in [0.1, 0.15) is 11.5 Å². The Morgan fingerprint density at radius 1 is 0.609 bits per heavy atom. The summed E-state index contributed by atoms with van der Waals surface area (Å²) in [6.45, 7) is 14.1. The summed E-state index contributed by atoms with van der Waals surface area (Å²) in [5, 5.41) is 4.68. The third kappa shape index (κ3) is 8.77. The van der Waals surface area contributed by atoms with Gasteiger partial charge in [-0.3, -0.25) is 4.79 Å². The number of ether oxygens (including phenoxy) is 2. The zero-order valence-corrected chi connectivity index (χ0v) is 32.7. The zero-order valence-electron chi connectivity index (χ0n) is 28.4. The summed E-state index contributed by atoms with van der Waals surface area (Å²) in [6.07, 6.45) is 11.1. The van der Waals surface area contributed by atoms with Crippen molar-refractivity contribution in [2.45, 2.75) is 105 Å². The van der Waals surface area contributed by atoms with E-state index in [-0.39, 0.29) is 6.10 Å². The quantitative estimate of drug-likeness (QED) is 0.148. The molecule has 246 valence electrons. The number of hydrogen-bond acceptors (Lipinski definition) is 3. The van der Waals surface area contributed by atoms with E-state index in [1.807, 2.05) is 24.3 Å². The van der Waals surface area contributed by atoms with Gasteiger partial charge in [-0.2, -0.15) is 0 Å². The van der Waals surface area contributed by atoms with Crippen LogP contribution in [0, 0.1) is 29.8 Å². The molecule has 2 fully saturated rings. The Morgan fingerprint density at radius 3 is 1.63 bits per heavy atom. The van der Waals surface area contributed by atoms with Crippen molar-refractivity contribution in [1.29, 1.82) is 0 Å². The summed E-state index contributed by atoms with van der Waals surface area (Å²) in [4.78, 5) is 11.7. The lowest BCUT2D eigenvalue weighted by molar-refractivity contribution is 0.0870. The van der Waals surface area contributed by atoms with Crippen molar-refractivity contribution in [3.63, 3.8) is 0 Å². The summed E-state index contributed by atoms with van der Waals surface area (Å²) < 4.78 is 15.0. The van der Waals surface area contributed by atoms with Gasteiger partial charge in [-0.05, 0) is 159 Å². The molecule has 2 saturated carbocycles. The molecule has 6 rings (SSSR count). The topological polar surface area (TPSA) is 35.5 Å². The van der Waals surface area contributed by atoms with Crippen LogP contribution in [-0.2, 0) is 0 Å². The van der Waals surface area contributed by atoms with E-state index in [0.29, 0.717) is 22.5 Å². The van der Waals surface area contributed by atoms with Crippen LogP contribution >= 0.6 is 45.2 Å². The molecule has 0 saturated heterocycles. The van der Waals surface area contributed by atoms with Gasteiger partial charge in [-0.25, -0.2) is 0 Å². The molecule has 4 aromatic carbocycles. The number of aldehydes is 1. The van der Waals surface area contributed by atoms with Crippen LogP contribution in [0.2, 0.25) is 0 Å². The van der Waals surface area contributed by atoms with Gasteiger partial charge in [0.15, 0.2) is 6.29 Å². The van der Waals surface area contributed by atoms with E-state index in [2.05, 4.69) is 129 Å². The van der Waals surface area contributed by atoms with Crippen LogP contribution in [-0.4, -0.2) is 18.5 Å². The second-order valence-electron chi connectivity index (χ2n) is 15.5. The molecule has 5 heteroatoms. The van der Waals surface area contributed by atoms with E-state index in [4.69, 9.17) is 9.47 Å². The molecule has 0 unspecified atom stereocenters. The molecule has 0 bridgehead atoms. The predicted octanol–water partition coefficient (Wildman–Crippen LogP) is 12.7. The number of carbonyl (C=O) groups is 1. The van der Waals surface area contributed by atoms with Crippen molar-refractivity contribution in [3.05, 3.63) is 79.4 Å². The average Bonchev–Trinajstić information content (AvgIpc) is 3.01. The Labute approximate surface area is 303 Å². The molecule has 0 spiro atoms. The summed E-state index contributed by atoms with van der Waals surface area (Å²) in [5.41, 5.74) is 1.49. The fraction of sp³-hybridized carbons (Fsp3) is 0.488. The van der Waals surface area contributed by atoms with Crippen molar-refractivity contribution >= 4 is 73.0 Å². The van der Waals surface area contributed by atoms with Gasteiger partial charge in [0, 0.05) is 7.14 Å². The zero-order chi connectivity index (χ0) is 33.1. The van der Waals surface area contributed by atoms with Gasteiger partial charge >= 0.3 is 0 Å². The fourth-order valence-electron chi connectivity index (χ4n) is 7.32. The highest BCUT2D eigenvalue weighted by atomic mass is 127. The van der Waals surface area contributed by atoms with Crippen molar-refractivity contribution in [3.8, 4) is 11.5 Å². The summed E-state index contributed by atoms with van der Waals surface area (Å²) in [5.74, 6) is 3.37. The largest absolute Gasteiger partial charge is 0.490 e. The smallest absolute Gasteiger partial charge is 0.154 e. The molecule has 2 aliphatic carbocycles. The SMILES string of the molecule is CC(C)(C)C1CCC(Oc2cc(I)c3ccccc3c2)CC1.CC(C)(C)C1CCC(Oc2cc(I)c3ccccc3c2C=O)CC1. The molecule has 3 nitrogen and oxygen atoms in total. The molecule has 0 atom stereocenters. The Morgan fingerprint density at radius 2 is 1.09 bits per heavy atom. The van der Waals surface area contributed by atoms with Crippen LogP contribution in [0.1, 0.15) is 103 Å². The van der Waals surface area contributed by atoms with Gasteiger partial charge in [0.2, 0.25) is 0 Å². The highest BCUT2D eigenvalue weighted by molar-refractivity contribution is 14.1. The molecule has 0 heterocycles. The Bertz CT molecular complexity index is 1630. The van der Waals surface area contributed by atoms with Gasteiger partial charge in [-0.1, -0.05) is 90.1 Å². The molecular weight excluding hydrogens is 794 g/mol. The predicted molar refractivity (Wildman–Crippen MR) is 210 cm³/mol. The summed E-state index contributed by atoms with van der Waals surface area (Å²) >= 11 is 4.74. The van der Waals surface area contributed by atoms with Gasteiger partial charge in [0.25, 0.3) is 0 Å². The lowest BCUT2D eigenvalue weighted by Crippen LogP contribution is -2.30. The fourth-order valence-corrected chi connectivity index (χ4v) is 8.87. The van der Waals surface area contributed by atoms with E-state index in [0.717, 1.165) is 56.8 Å². The van der Waals surface area contributed by atoms with Gasteiger partial charge in [0.05, 0.1) is 17.8 Å². The molecule has 0 N–H and O–H groups in total.